The van der Waals surface area contributed by atoms with Crippen LogP contribution in [-0.4, -0.2) is 51.2 Å². The molecule has 0 bridgehead atoms. The number of nitrogens with one attached hydrogen (secondary N) is 3. The van der Waals surface area contributed by atoms with Crippen molar-refractivity contribution in [3.63, 3.8) is 0 Å². The minimum atomic E-state index is -0.230. The first-order chi connectivity index (χ1) is 14.1. The molecule has 29 heavy (non-hydrogen) atoms. The molecule has 3 N–H and O–H groups in total. The number of carbonyl (C=O) groups is 1. The summed E-state index contributed by atoms with van der Waals surface area (Å²) in [6, 6.07) is 16.8. The second-order valence-electron chi connectivity index (χ2n) is 7.81. The van der Waals surface area contributed by atoms with Crippen molar-refractivity contribution < 1.29 is 19.0 Å². The van der Waals surface area contributed by atoms with Crippen molar-refractivity contribution in [3.05, 3.63) is 77.6 Å². The van der Waals surface area contributed by atoms with Gasteiger partial charge in [-0.1, -0.05) is 48.5 Å². The normalized spacial score (nSPS) is 20.5. The lowest BCUT2D eigenvalue weighted by Crippen LogP contribution is -3.30. The van der Waals surface area contributed by atoms with Crippen LogP contribution in [0.4, 0.5) is 4.39 Å². The monoisotopic (exact) mass is 397 g/mol. The number of carbonyl (C=O) groups excluding carboxylic acids is 1. The number of piperazine rings is 1. The van der Waals surface area contributed by atoms with Gasteiger partial charge >= 0.3 is 0 Å². The molecule has 1 aliphatic rings. The predicted octanol–water partition coefficient (Wildman–Crippen LogP) is 0.370. The topological polar surface area (TPSA) is 38.0 Å². The highest BCUT2D eigenvalue weighted by Crippen LogP contribution is 2.02. The molecule has 0 radical (unpaired) electrons. The fourth-order valence-electron chi connectivity index (χ4n) is 3.81. The van der Waals surface area contributed by atoms with Gasteiger partial charge in [0.05, 0.1) is 6.54 Å². The van der Waals surface area contributed by atoms with E-state index in [9.17, 15) is 9.18 Å². The van der Waals surface area contributed by atoms with Crippen LogP contribution in [-0.2, 0) is 11.2 Å². The second-order valence-corrected chi connectivity index (χ2v) is 7.81. The number of amides is 1. The first kappa shape index (κ1) is 21.2. The molecule has 1 saturated heterocycles. The van der Waals surface area contributed by atoms with E-state index in [4.69, 9.17) is 0 Å². The van der Waals surface area contributed by atoms with Gasteiger partial charge in [-0.2, -0.15) is 0 Å². The molecule has 0 aliphatic carbocycles. The molecule has 4 nitrogen and oxygen atoms in total. The molecule has 0 unspecified atom stereocenters. The van der Waals surface area contributed by atoms with E-state index in [1.807, 2.05) is 13.0 Å². The molecule has 2 aromatic carbocycles. The summed E-state index contributed by atoms with van der Waals surface area (Å²) in [7, 11) is 0. The van der Waals surface area contributed by atoms with Crippen LogP contribution >= 0.6 is 0 Å². The van der Waals surface area contributed by atoms with Crippen LogP contribution in [0.1, 0.15) is 18.1 Å². The third kappa shape index (κ3) is 6.80. The van der Waals surface area contributed by atoms with Crippen molar-refractivity contribution in [3.8, 4) is 0 Å². The van der Waals surface area contributed by atoms with E-state index in [2.05, 4.69) is 41.7 Å². The molecule has 1 aliphatic heterocycles. The third-order valence-corrected chi connectivity index (χ3v) is 5.75. The Kier molecular flexibility index (Phi) is 7.96. The lowest BCUT2D eigenvalue weighted by atomic mass is 10.1. The maximum atomic E-state index is 12.9. The Balaban J connectivity index is 1.35. The molecule has 1 fully saturated rings. The molecule has 0 saturated carbocycles. The Bertz CT molecular complexity index is 784. The summed E-state index contributed by atoms with van der Waals surface area (Å²) in [5.41, 5.74) is 2.27. The maximum absolute atomic E-state index is 12.9. The number of hydrogen-bond donors (Lipinski definition) is 3. The minimum Gasteiger partial charge on any atom is -0.351 e. The molecule has 154 valence electrons. The van der Waals surface area contributed by atoms with Gasteiger partial charge in [0.2, 0.25) is 0 Å². The van der Waals surface area contributed by atoms with Gasteiger partial charge in [0, 0.05) is 6.54 Å². The molecular formula is C24H32FN3O+2. The van der Waals surface area contributed by atoms with Crippen LogP contribution < -0.4 is 15.1 Å². The Morgan fingerprint density at radius 3 is 2.45 bits per heavy atom. The van der Waals surface area contributed by atoms with E-state index < -0.39 is 0 Å². The van der Waals surface area contributed by atoms with Gasteiger partial charge in [-0.25, -0.2) is 4.39 Å². The average Bonchev–Trinajstić information content (AvgIpc) is 2.76. The SMILES string of the molecule is C[C@@H](C(=O)NCCc1ccc(F)cc1)[NH+]1CC[NH+](C/C=C/c2ccccc2)CC1. The fourth-order valence-corrected chi connectivity index (χ4v) is 3.81. The zero-order chi connectivity index (χ0) is 20.5. The quantitative estimate of drug-likeness (QED) is 0.592. The van der Waals surface area contributed by atoms with Gasteiger partial charge in [0.15, 0.2) is 6.04 Å². The van der Waals surface area contributed by atoms with Crippen molar-refractivity contribution in [1.29, 1.82) is 0 Å². The largest absolute Gasteiger partial charge is 0.351 e. The number of rotatable bonds is 8. The molecule has 3 rings (SSSR count). The van der Waals surface area contributed by atoms with E-state index in [0.29, 0.717) is 6.54 Å². The molecule has 5 heteroatoms. The maximum Gasteiger partial charge on any atom is 0.278 e. The summed E-state index contributed by atoms with van der Waals surface area (Å²) >= 11 is 0. The summed E-state index contributed by atoms with van der Waals surface area (Å²) < 4.78 is 12.9. The number of hydrogen-bond acceptors (Lipinski definition) is 1. The van der Waals surface area contributed by atoms with E-state index in [1.165, 1.54) is 22.6 Å². The Hall–Kier alpha value is -2.50. The van der Waals surface area contributed by atoms with Gasteiger partial charge in [0.1, 0.15) is 32.0 Å². The van der Waals surface area contributed by atoms with Crippen LogP contribution in [0.3, 0.4) is 0 Å². The first-order valence-corrected chi connectivity index (χ1v) is 10.5. The highest BCUT2D eigenvalue weighted by molar-refractivity contribution is 5.79. The predicted molar refractivity (Wildman–Crippen MR) is 114 cm³/mol. The number of halogens is 1. The second kappa shape index (κ2) is 10.9. The summed E-state index contributed by atoms with van der Waals surface area (Å²) in [6.45, 7) is 7.83. The van der Waals surface area contributed by atoms with E-state index in [-0.39, 0.29) is 17.8 Å². The molecule has 2 aromatic rings. The Labute approximate surface area is 173 Å². The van der Waals surface area contributed by atoms with E-state index in [0.717, 1.165) is 44.7 Å². The lowest BCUT2D eigenvalue weighted by molar-refractivity contribution is -1.02. The summed E-state index contributed by atoms with van der Waals surface area (Å²) in [4.78, 5) is 15.4. The number of quaternary nitrogens is 2. The molecule has 0 aromatic heterocycles. The van der Waals surface area contributed by atoms with Crippen molar-refractivity contribution in [2.75, 3.05) is 39.3 Å². The van der Waals surface area contributed by atoms with Crippen LogP contribution in [0.25, 0.3) is 6.08 Å². The summed E-state index contributed by atoms with van der Waals surface area (Å²) in [5, 5.41) is 3.03. The van der Waals surface area contributed by atoms with Gasteiger partial charge < -0.3 is 15.1 Å². The van der Waals surface area contributed by atoms with Gasteiger partial charge in [-0.15, -0.1) is 0 Å². The minimum absolute atomic E-state index is 0.0374. The number of benzene rings is 2. The van der Waals surface area contributed by atoms with Crippen molar-refractivity contribution >= 4 is 12.0 Å². The highest BCUT2D eigenvalue weighted by Gasteiger charge is 2.30. The van der Waals surface area contributed by atoms with Crippen LogP contribution in [0.2, 0.25) is 0 Å². The van der Waals surface area contributed by atoms with E-state index >= 15 is 0 Å². The molecular weight excluding hydrogens is 365 g/mol. The summed E-state index contributed by atoms with van der Waals surface area (Å²) in [5.74, 6) is -0.124. The van der Waals surface area contributed by atoms with Gasteiger partial charge in [-0.3, -0.25) is 4.79 Å². The Morgan fingerprint density at radius 2 is 1.76 bits per heavy atom. The van der Waals surface area contributed by atoms with Gasteiger partial charge in [-0.05, 0) is 42.7 Å². The molecule has 0 spiro atoms. The molecule has 1 heterocycles. The fraction of sp³-hybridized carbons (Fsp3) is 0.375. The smallest absolute Gasteiger partial charge is 0.278 e. The lowest BCUT2D eigenvalue weighted by Gasteiger charge is -2.32. The highest BCUT2D eigenvalue weighted by atomic mass is 19.1. The van der Waals surface area contributed by atoms with Crippen LogP contribution in [0.15, 0.2) is 60.7 Å². The zero-order valence-electron chi connectivity index (χ0n) is 17.2. The van der Waals surface area contributed by atoms with Crippen molar-refractivity contribution in [1.82, 2.24) is 5.32 Å². The standard InChI is InChI=1S/C24H30FN3O/c1-20(24(29)26-14-13-22-9-11-23(25)12-10-22)28-18-16-27(17-19-28)15-5-8-21-6-3-2-4-7-21/h2-12,20H,13-19H2,1H3,(H,26,29)/p+2/b8-5+/t20-/m0/s1. The van der Waals surface area contributed by atoms with Crippen molar-refractivity contribution in [2.24, 2.45) is 0 Å². The van der Waals surface area contributed by atoms with Gasteiger partial charge in [0.25, 0.3) is 5.91 Å². The molecule has 1 amide bonds. The summed E-state index contributed by atoms with van der Waals surface area (Å²) in [6.07, 6.45) is 5.16. The average molecular weight is 398 g/mol. The van der Waals surface area contributed by atoms with E-state index in [1.54, 1.807) is 17.0 Å². The zero-order valence-corrected chi connectivity index (χ0v) is 17.2. The van der Waals surface area contributed by atoms with Crippen LogP contribution in [0.5, 0.6) is 0 Å². The van der Waals surface area contributed by atoms with Crippen LogP contribution in [0, 0.1) is 5.82 Å². The molecule has 1 atom stereocenters. The third-order valence-electron chi connectivity index (χ3n) is 5.75. The Morgan fingerprint density at radius 1 is 1.07 bits per heavy atom. The van der Waals surface area contributed by atoms with Crippen molar-refractivity contribution in [2.45, 2.75) is 19.4 Å². The first-order valence-electron chi connectivity index (χ1n) is 10.5.